The van der Waals surface area contributed by atoms with Gasteiger partial charge in [0.1, 0.15) is 11.6 Å². The highest BCUT2D eigenvalue weighted by molar-refractivity contribution is 6.30. The summed E-state index contributed by atoms with van der Waals surface area (Å²) in [5, 5.41) is 12.9. The summed E-state index contributed by atoms with van der Waals surface area (Å²) in [7, 11) is 0. The molecule has 1 unspecified atom stereocenters. The normalized spacial score (nSPS) is 12.0. The SMILES string of the molecule is CC(=O)c1cccnc1NC(O)c1cc(Cl)ccc1F. The zero-order valence-corrected chi connectivity index (χ0v) is 11.4. The van der Waals surface area contributed by atoms with Gasteiger partial charge in [0.15, 0.2) is 12.0 Å². The molecule has 1 heterocycles. The van der Waals surface area contributed by atoms with E-state index in [-0.39, 0.29) is 17.2 Å². The molecule has 1 atom stereocenters. The topological polar surface area (TPSA) is 62.2 Å². The van der Waals surface area contributed by atoms with Gasteiger partial charge in [-0.2, -0.15) is 0 Å². The van der Waals surface area contributed by atoms with E-state index in [9.17, 15) is 14.3 Å². The van der Waals surface area contributed by atoms with Crippen molar-refractivity contribution in [3.63, 3.8) is 0 Å². The number of Topliss-reactive ketones (excluding diaryl/α,β-unsaturated/α-hetero) is 1. The second-order valence-electron chi connectivity index (χ2n) is 4.17. The summed E-state index contributed by atoms with van der Waals surface area (Å²) in [4.78, 5) is 15.4. The molecule has 0 aliphatic rings. The zero-order valence-electron chi connectivity index (χ0n) is 10.6. The van der Waals surface area contributed by atoms with Crippen LogP contribution in [0.2, 0.25) is 5.02 Å². The first-order valence-electron chi connectivity index (χ1n) is 5.84. The second-order valence-corrected chi connectivity index (χ2v) is 4.60. The molecule has 2 N–H and O–H groups in total. The Bertz CT molecular complexity index is 649. The maximum absolute atomic E-state index is 13.6. The number of aliphatic hydroxyl groups is 1. The molecule has 4 nitrogen and oxygen atoms in total. The molecule has 20 heavy (non-hydrogen) atoms. The van der Waals surface area contributed by atoms with Crippen LogP contribution in [0.5, 0.6) is 0 Å². The average Bonchev–Trinajstić information content (AvgIpc) is 2.41. The number of nitrogens with zero attached hydrogens (tertiary/aromatic N) is 1. The number of pyridine rings is 1. The van der Waals surface area contributed by atoms with Gasteiger partial charge in [-0.05, 0) is 37.3 Å². The third-order valence-corrected chi connectivity index (χ3v) is 2.95. The first-order valence-corrected chi connectivity index (χ1v) is 6.22. The van der Waals surface area contributed by atoms with Crippen molar-refractivity contribution in [2.75, 3.05) is 5.32 Å². The highest BCUT2D eigenvalue weighted by Gasteiger charge is 2.16. The van der Waals surface area contributed by atoms with Crippen LogP contribution in [0.25, 0.3) is 0 Å². The number of aliphatic hydroxyl groups excluding tert-OH is 1. The van der Waals surface area contributed by atoms with Crippen LogP contribution >= 0.6 is 11.6 Å². The first-order chi connectivity index (χ1) is 9.49. The van der Waals surface area contributed by atoms with Crippen molar-refractivity contribution in [2.45, 2.75) is 13.2 Å². The Morgan fingerprint density at radius 3 is 2.90 bits per heavy atom. The van der Waals surface area contributed by atoms with Gasteiger partial charge in [-0.1, -0.05) is 11.6 Å². The van der Waals surface area contributed by atoms with Crippen LogP contribution in [0, 0.1) is 5.82 Å². The van der Waals surface area contributed by atoms with Crippen molar-refractivity contribution in [2.24, 2.45) is 0 Å². The number of aromatic nitrogens is 1. The number of hydrogen-bond donors (Lipinski definition) is 2. The smallest absolute Gasteiger partial charge is 0.163 e. The summed E-state index contributed by atoms with van der Waals surface area (Å²) < 4.78 is 13.6. The lowest BCUT2D eigenvalue weighted by Gasteiger charge is -2.16. The highest BCUT2D eigenvalue weighted by Crippen LogP contribution is 2.24. The molecule has 0 amide bonds. The third-order valence-electron chi connectivity index (χ3n) is 2.71. The van der Waals surface area contributed by atoms with Gasteiger partial charge < -0.3 is 10.4 Å². The number of rotatable bonds is 4. The summed E-state index contributed by atoms with van der Waals surface area (Å²) in [6.45, 7) is 1.38. The maximum atomic E-state index is 13.6. The van der Waals surface area contributed by atoms with E-state index in [4.69, 9.17) is 11.6 Å². The van der Waals surface area contributed by atoms with E-state index in [0.717, 1.165) is 6.07 Å². The number of carbonyl (C=O) groups excluding carboxylic acids is 1. The monoisotopic (exact) mass is 294 g/mol. The first kappa shape index (κ1) is 14.4. The van der Waals surface area contributed by atoms with Gasteiger partial charge in [0.2, 0.25) is 0 Å². The molecule has 1 aromatic heterocycles. The van der Waals surface area contributed by atoms with Gasteiger partial charge in [-0.15, -0.1) is 0 Å². The molecule has 104 valence electrons. The van der Waals surface area contributed by atoms with Crippen LogP contribution in [0.3, 0.4) is 0 Å². The Labute approximate surface area is 120 Å². The Morgan fingerprint density at radius 2 is 2.20 bits per heavy atom. The number of anilines is 1. The molecule has 0 fully saturated rings. The van der Waals surface area contributed by atoms with Crippen LogP contribution in [-0.2, 0) is 0 Å². The summed E-state index contributed by atoms with van der Waals surface area (Å²) in [5.74, 6) is -0.624. The van der Waals surface area contributed by atoms with E-state index >= 15 is 0 Å². The average molecular weight is 295 g/mol. The molecule has 2 aromatic rings. The minimum atomic E-state index is -1.36. The molecular weight excluding hydrogens is 283 g/mol. The maximum Gasteiger partial charge on any atom is 0.163 e. The van der Waals surface area contributed by atoms with Crippen molar-refractivity contribution < 1.29 is 14.3 Å². The molecular formula is C14H12ClFN2O2. The quantitative estimate of drug-likeness (QED) is 0.671. The molecule has 6 heteroatoms. The number of carbonyl (C=O) groups is 1. The summed E-state index contributed by atoms with van der Waals surface area (Å²) in [5.41, 5.74) is 0.298. The Hall–Kier alpha value is -1.98. The largest absolute Gasteiger partial charge is 0.369 e. The van der Waals surface area contributed by atoms with Crippen molar-refractivity contribution in [3.05, 3.63) is 58.5 Å². The Kier molecular flexibility index (Phi) is 4.32. The number of ketones is 1. The number of nitrogens with one attached hydrogen (secondary N) is 1. The number of halogens is 2. The highest BCUT2D eigenvalue weighted by atomic mass is 35.5. The van der Waals surface area contributed by atoms with Gasteiger partial charge >= 0.3 is 0 Å². The lowest BCUT2D eigenvalue weighted by Crippen LogP contribution is -2.14. The summed E-state index contributed by atoms with van der Waals surface area (Å²) in [6.07, 6.45) is 0.109. The minimum Gasteiger partial charge on any atom is -0.369 e. The lowest BCUT2D eigenvalue weighted by atomic mass is 10.1. The van der Waals surface area contributed by atoms with E-state index < -0.39 is 12.0 Å². The minimum absolute atomic E-state index is 0.0161. The van der Waals surface area contributed by atoms with Crippen molar-refractivity contribution in [1.82, 2.24) is 4.98 Å². The fourth-order valence-electron chi connectivity index (χ4n) is 1.74. The molecule has 0 radical (unpaired) electrons. The predicted molar refractivity (Wildman–Crippen MR) is 74.2 cm³/mol. The van der Waals surface area contributed by atoms with Crippen LogP contribution in [-0.4, -0.2) is 15.9 Å². The Balaban J connectivity index is 2.30. The fourth-order valence-corrected chi connectivity index (χ4v) is 1.92. The molecule has 0 spiro atoms. The lowest BCUT2D eigenvalue weighted by molar-refractivity contribution is 0.101. The van der Waals surface area contributed by atoms with Crippen LogP contribution < -0.4 is 5.32 Å². The number of benzene rings is 1. The van der Waals surface area contributed by atoms with E-state index in [1.54, 1.807) is 12.1 Å². The van der Waals surface area contributed by atoms with Gasteiger partial charge in [0.05, 0.1) is 5.56 Å². The van der Waals surface area contributed by atoms with Gasteiger partial charge in [0, 0.05) is 16.8 Å². The standard InChI is InChI=1S/C14H12ClFN2O2/c1-8(19)10-3-2-6-17-13(10)18-14(20)11-7-9(15)4-5-12(11)16/h2-7,14,20H,1H3,(H,17,18). The molecule has 0 aliphatic carbocycles. The molecule has 0 aliphatic heterocycles. The summed E-state index contributed by atoms with van der Waals surface area (Å²) >= 11 is 5.77. The zero-order chi connectivity index (χ0) is 14.7. The van der Waals surface area contributed by atoms with E-state index in [2.05, 4.69) is 10.3 Å². The van der Waals surface area contributed by atoms with Gasteiger partial charge in [-0.25, -0.2) is 9.37 Å². The van der Waals surface area contributed by atoms with E-state index in [1.165, 1.54) is 25.3 Å². The Morgan fingerprint density at radius 1 is 1.45 bits per heavy atom. The van der Waals surface area contributed by atoms with Crippen LogP contribution in [0.15, 0.2) is 36.5 Å². The van der Waals surface area contributed by atoms with Crippen molar-refractivity contribution in [3.8, 4) is 0 Å². The van der Waals surface area contributed by atoms with Crippen molar-refractivity contribution in [1.29, 1.82) is 0 Å². The fraction of sp³-hybridized carbons (Fsp3) is 0.143. The third kappa shape index (κ3) is 3.12. The van der Waals surface area contributed by atoms with Crippen molar-refractivity contribution >= 4 is 23.2 Å². The summed E-state index contributed by atoms with van der Waals surface area (Å²) in [6, 6.07) is 7.03. The molecule has 0 saturated carbocycles. The molecule has 0 saturated heterocycles. The second kappa shape index (κ2) is 5.98. The van der Waals surface area contributed by atoms with E-state index in [0.29, 0.717) is 10.6 Å². The van der Waals surface area contributed by atoms with Gasteiger partial charge in [0.25, 0.3) is 0 Å². The number of hydrogen-bond acceptors (Lipinski definition) is 4. The van der Waals surface area contributed by atoms with E-state index in [1.807, 2.05) is 0 Å². The molecule has 2 rings (SSSR count). The van der Waals surface area contributed by atoms with Crippen LogP contribution in [0.4, 0.5) is 10.2 Å². The van der Waals surface area contributed by atoms with Gasteiger partial charge in [-0.3, -0.25) is 4.79 Å². The van der Waals surface area contributed by atoms with Crippen LogP contribution in [0.1, 0.15) is 29.1 Å². The predicted octanol–water partition coefficient (Wildman–Crippen LogP) is 3.18. The molecule has 1 aromatic carbocycles. The molecule has 0 bridgehead atoms.